The van der Waals surface area contributed by atoms with Crippen molar-refractivity contribution in [2.24, 2.45) is 0 Å². The average Bonchev–Trinajstić information content (AvgIpc) is 3.28. The first-order valence-electron chi connectivity index (χ1n) is 15.1. The molecule has 6 nitrogen and oxygen atoms in total. The maximum absolute atomic E-state index is 13.3. The number of nitrogens with one attached hydrogen (secondary N) is 1. The number of likely N-dealkylation sites (tertiary alicyclic amines) is 1. The Morgan fingerprint density at radius 1 is 1.54 bits per heavy atom. The lowest BCUT2D eigenvalue weighted by Crippen LogP contribution is -2.36. The first kappa shape index (κ1) is 7.64. The highest BCUT2D eigenvalue weighted by molar-refractivity contribution is 7.17. The maximum Gasteiger partial charge on any atom is 0.268 e. The number of carbonyl (C=O) groups excluding carboxylic acids is 1. The summed E-state index contributed by atoms with van der Waals surface area (Å²) in [6, 6.07) is -1.31. The van der Waals surface area contributed by atoms with Crippen molar-refractivity contribution in [3.63, 3.8) is 0 Å². The predicted molar refractivity (Wildman–Crippen MR) is 105 cm³/mol. The van der Waals surface area contributed by atoms with Crippen molar-refractivity contribution in [3.05, 3.63) is 27.4 Å². The second-order valence-electron chi connectivity index (χ2n) is 5.38. The van der Waals surface area contributed by atoms with Crippen LogP contribution in [0.2, 0.25) is 1.41 Å². The maximum atomic E-state index is 13.3. The molecule has 0 aromatic carbocycles. The van der Waals surface area contributed by atoms with Crippen LogP contribution in [-0.4, -0.2) is 46.6 Å². The zero-order valence-corrected chi connectivity index (χ0v) is 14.6. The molecule has 0 spiro atoms. The molecule has 1 atom stereocenters. The van der Waals surface area contributed by atoms with Crippen molar-refractivity contribution in [1.82, 2.24) is 14.8 Å². The molecule has 26 heavy (non-hydrogen) atoms. The Morgan fingerprint density at radius 3 is 3.04 bits per heavy atom. The molecular formula is C19H27N3O3S. The van der Waals surface area contributed by atoms with E-state index in [0.717, 1.165) is 18.3 Å². The van der Waals surface area contributed by atoms with Crippen LogP contribution < -0.4 is 10.9 Å². The van der Waals surface area contributed by atoms with Gasteiger partial charge in [0.25, 0.3) is 11.5 Å². The summed E-state index contributed by atoms with van der Waals surface area (Å²) in [7, 11) is 0. The van der Waals surface area contributed by atoms with Gasteiger partial charge in [-0.15, -0.1) is 11.3 Å². The second-order valence-corrected chi connectivity index (χ2v) is 6.29. The van der Waals surface area contributed by atoms with Gasteiger partial charge in [-0.2, -0.15) is 0 Å². The molecule has 2 aromatic heterocycles. The van der Waals surface area contributed by atoms with Gasteiger partial charge in [0.2, 0.25) is 0 Å². The molecule has 0 aliphatic carbocycles. The van der Waals surface area contributed by atoms with Crippen molar-refractivity contribution in [2.45, 2.75) is 45.3 Å². The van der Waals surface area contributed by atoms with Gasteiger partial charge >= 0.3 is 0 Å². The number of fused-ring (bicyclic) bond motifs is 1. The summed E-state index contributed by atoms with van der Waals surface area (Å²) < 4.78 is 120. The summed E-state index contributed by atoms with van der Waals surface area (Å²) in [6.45, 7) is -10.4. The third-order valence-electron chi connectivity index (χ3n) is 3.61. The van der Waals surface area contributed by atoms with Crippen molar-refractivity contribution in [2.75, 3.05) is 26.1 Å². The molecule has 1 unspecified atom stereocenters. The fourth-order valence-electron chi connectivity index (χ4n) is 2.47. The van der Waals surface area contributed by atoms with Crippen molar-refractivity contribution >= 4 is 27.5 Å². The molecule has 2 N–H and O–H groups in total. The summed E-state index contributed by atoms with van der Waals surface area (Å²) in [5.41, 5.74) is -2.50. The molecule has 7 heteroatoms. The van der Waals surface area contributed by atoms with Crippen LogP contribution >= 0.6 is 11.3 Å². The summed E-state index contributed by atoms with van der Waals surface area (Å²) >= 11 is 0.842. The van der Waals surface area contributed by atoms with Crippen molar-refractivity contribution in [3.8, 4) is 5.75 Å². The highest BCUT2D eigenvalue weighted by Crippen LogP contribution is 2.32. The molecule has 0 radical (unpaired) electrons. The summed E-state index contributed by atoms with van der Waals surface area (Å²) in [4.78, 5) is 26.6. The van der Waals surface area contributed by atoms with Gasteiger partial charge in [0.1, 0.15) is 5.56 Å². The number of hydrogen-bond donors (Lipinski definition) is 2. The number of aromatic nitrogens is 1. The lowest BCUT2D eigenvalue weighted by molar-refractivity contribution is 0.0946. The Balaban J connectivity index is 1.95. The number of aromatic hydroxyl groups is 1. The first-order valence-corrected chi connectivity index (χ1v) is 8.55. The van der Waals surface area contributed by atoms with Crippen LogP contribution in [-0.2, 0) is 0 Å². The van der Waals surface area contributed by atoms with E-state index in [2.05, 4.69) is 0 Å². The highest BCUT2D eigenvalue weighted by Gasteiger charge is 2.23. The topological polar surface area (TPSA) is 74.6 Å². The van der Waals surface area contributed by atoms with Gasteiger partial charge in [0, 0.05) is 30.4 Å². The van der Waals surface area contributed by atoms with E-state index in [1.165, 1.54) is 11.4 Å². The summed E-state index contributed by atoms with van der Waals surface area (Å²) in [5.74, 6) is -2.28. The highest BCUT2D eigenvalue weighted by atomic mass is 32.1. The largest absolute Gasteiger partial charge is 0.505 e. The molecule has 142 valence electrons. The van der Waals surface area contributed by atoms with Crippen LogP contribution in [0.5, 0.6) is 5.75 Å². The molecule has 1 amide bonds. The third-order valence-corrected chi connectivity index (χ3v) is 4.52. The number of hydrogen-bond acceptors (Lipinski definition) is 5. The van der Waals surface area contributed by atoms with Crippen LogP contribution in [0.4, 0.5) is 0 Å². The SMILES string of the molecule is [2H]N(CCCN1C([2H])([2H])C([2H])([2H])C([2H])([2H])C([2H])([2H])C1([2H])[2H])C(=O)c1c(O)c2sccc2n(C([2H])(C)C([2H])([2H])[2H])c1=O. The predicted octanol–water partition coefficient (Wildman–Crippen LogP) is 2.96. The zero-order chi connectivity index (χ0) is 31.9. The second kappa shape index (κ2) is 8.22. The molecule has 1 aliphatic rings. The lowest BCUT2D eigenvalue weighted by atomic mass is 10.1. The van der Waals surface area contributed by atoms with Gasteiger partial charge in [-0.05, 0) is 63.9 Å². The molecule has 2 aromatic rings. The van der Waals surface area contributed by atoms with E-state index in [4.69, 9.17) is 20.6 Å². The Morgan fingerprint density at radius 2 is 2.31 bits per heavy atom. The van der Waals surface area contributed by atoms with Crippen LogP contribution in [0.3, 0.4) is 0 Å². The molecule has 0 bridgehead atoms. The number of nitrogens with zero attached hydrogens (tertiary/aromatic N) is 2. The quantitative estimate of drug-likeness (QED) is 0.793. The summed E-state index contributed by atoms with van der Waals surface area (Å²) in [5, 5.41) is 12.2. The number of carbonyl (C=O) groups is 1. The molecule has 1 saturated heterocycles. The Kier molecular flexibility index (Phi) is 2.42. The third kappa shape index (κ3) is 3.78. The fraction of sp³-hybridized carbons (Fsp3) is 0.579. The molecule has 0 saturated carbocycles. The monoisotopic (exact) mass is 392 g/mol. The smallest absolute Gasteiger partial charge is 0.268 e. The molecule has 3 heterocycles. The van der Waals surface area contributed by atoms with E-state index in [-0.39, 0.29) is 20.4 Å². The average molecular weight is 393 g/mol. The van der Waals surface area contributed by atoms with Crippen LogP contribution in [0.25, 0.3) is 10.2 Å². The van der Waals surface area contributed by atoms with E-state index in [9.17, 15) is 14.7 Å². The number of rotatable bonds is 6. The van der Waals surface area contributed by atoms with Crippen LogP contribution in [0.1, 0.15) is 74.9 Å². The van der Waals surface area contributed by atoms with E-state index in [1.807, 2.05) is 0 Å². The molecular weight excluding hydrogens is 350 g/mol. The number of pyridine rings is 1. The van der Waals surface area contributed by atoms with Crippen LogP contribution in [0, 0.1) is 0 Å². The Bertz CT molecular complexity index is 1390. The minimum atomic E-state index is -3.60. The number of amides is 1. The Hall–Kier alpha value is -1.86. The van der Waals surface area contributed by atoms with Gasteiger partial charge in [-0.3, -0.25) is 9.59 Å². The normalized spacial score (nSPS) is 36.6. The zero-order valence-electron chi connectivity index (χ0n) is 28.8. The van der Waals surface area contributed by atoms with Gasteiger partial charge in [0.05, 0.1) is 11.6 Å². The van der Waals surface area contributed by atoms with Gasteiger partial charge in [0.15, 0.2) is 7.16 Å². The van der Waals surface area contributed by atoms with E-state index in [1.54, 1.807) is 0 Å². The first-order chi connectivity index (χ1) is 18.2. The molecule has 1 aliphatic heterocycles. The van der Waals surface area contributed by atoms with Crippen molar-refractivity contribution in [1.29, 1.82) is 0 Å². The minimum Gasteiger partial charge on any atom is -0.505 e. The Labute approximate surface area is 178 Å². The van der Waals surface area contributed by atoms with E-state index in [0.29, 0.717) is 4.57 Å². The minimum absolute atomic E-state index is 0.0995. The van der Waals surface area contributed by atoms with Gasteiger partial charge in [-0.1, -0.05) is 6.37 Å². The fourth-order valence-corrected chi connectivity index (χ4v) is 3.29. The van der Waals surface area contributed by atoms with E-state index >= 15 is 0 Å². The van der Waals surface area contributed by atoms with Gasteiger partial charge in [-0.25, -0.2) is 0 Å². The van der Waals surface area contributed by atoms with Crippen molar-refractivity contribution < 1.29 is 30.5 Å². The molecule has 1 fully saturated rings. The van der Waals surface area contributed by atoms with Gasteiger partial charge < -0.3 is 19.9 Å². The standard InChI is InChI=1S/C19H27N3O3S/c1-13(2)22-14-7-12-26-17(14)16(23)15(19(22)25)18(24)20-8-6-11-21-9-4-3-5-10-21/h7,12-13,23H,3-6,8-11H2,1-2H3,(H,20,24)/i1D3,3D2,4D2,5D2,9D2,10D2,13D/hD. The number of thiophene rings is 1. The number of piperidine rings is 1. The summed E-state index contributed by atoms with van der Waals surface area (Å²) in [6.07, 6.45) is -11.2. The molecule has 3 rings (SSSR count). The van der Waals surface area contributed by atoms with Crippen LogP contribution in [0.15, 0.2) is 16.2 Å². The van der Waals surface area contributed by atoms with E-state index < -0.39 is 87.3 Å². The lowest BCUT2D eigenvalue weighted by Gasteiger charge is -2.26.